The van der Waals surface area contributed by atoms with Crippen LogP contribution >= 0.6 is 0 Å². The van der Waals surface area contributed by atoms with Gasteiger partial charge in [-0.15, -0.1) is 0 Å². The molecule has 0 bridgehead atoms. The molecule has 2 aromatic carbocycles. The smallest absolute Gasteiger partial charge is 0.255 e. The summed E-state index contributed by atoms with van der Waals surface area (Å²) in [7, 11) is 3.53. The topological polar surface area (TPSA) is 54.0 Å². The minimum Gasteiger partial charge on any atom is -0.462 e. The molecule has 1 saturated carbocycles. The number of anilines is 2. The molecule has 1 saturated heterocycles. The number of fused-ring (bicyclic) bond motifs is 1. The quantitative estimate of drug-likeness (QED) is 0.794. The molecule has 0 radical (unpaired) electrons. The number of piperidine rings is 1. The molecule has 2 fully saturated rings. The third-order valence-corrected chi connectivity index (χ3v) is 6.84. The predicted molar refractivity (Wildman–Crippen MR) is 121 cm³/mol. The van der Waals surface area contributed by atoms with Crippen LogP contribution in [0.4, 0.5) is 11.4 Å². The first-order valence-electron chi connectivity index (χ1n) is 11.3. The van der Waals surface area contributed by atoms with Crippen molar-refractivity contribution in [3.8, 4) is 5.75 Å². The summed E-state index contributed by atoms with van der Waals surface area (Å²) in [4.78, 5) is 16.7. The molecular formula is C25H31N3O3. The molecule has 2 heterocycles. The molecule has 6 heteroatoms. The van der Waals surface area contributed by atoms with Gasteiger partial charge in [-0.2, -0.15) is 0 Å². The molecule has 1 N–H and O–H groups in total. The van der Waals surface area contributed by atoms with Gasteiger partial charge in [0, 0.05) is 57.3 Å². The van der Waals surface area contributed by atoms with E-state index in [4.69, 9.17) is 9.47 Å². The van der Waals surface area contributed by atoms with Gasteiger partial charge < -0.3 is 19.7 Å². The van der Waals surface area contributed by atoms with E-state index in [0.717, 1.165) is 54.7 Å². The van der Waals surface area contributed by atoms with Crippen molar-refractivity contribution in [2.24, 2.45) is 0 Å². The molecule has 31 heavy (non-hydrogen) atoms. The maximum atomic E-state index is 12.5. The summed E-state index contributed by atoms with van der Waals surface area (Å²) in [5, 5.41) is 3.40. The van der Waals surface area contributed by atoms with Crippen LogP contribution in [0.3, 0.4) is 0 Å². The standard InChI is InChI=1S/C25H31N3O3/c1-27(2)24(29)21-8-3-4-9-22(21)26-19-10-11-23-18(16-19)17-30-25(31-23)12-14-28(15-13-25)20-6-5-7-20/h3-4,8-11,16,20,26H,5-7,12-15,17H2,1-2H3. The number of likely N-dealkylation sites (tertiary alicyclic amines) is 1. The van der Waals surface area contributed by atoms with E-state index in [1.807, 2.05) is 36.4 Å². The molecule has 2 aromatic rings. The van der Waals surface area contributed by atoms with Crippen LogP contribution in [-0.4, -0.2) is 54.7 Å². The summed E-state index contributed by atoms with van der Waals surface area (Å²) < 4.78 is 12.7. The average molecular weight is 422 g/mol. The van der Waals surface area contributed by atoms with Crippen molar-refractivity contribution >= 4 is 17.3 Å². The van der Waals surface area contributed by atoms with E-state index in [1.54, 1.807) is 19.0 Å². The van der Waals surface area contributed by atoms with E-state index < -0.39 is 5.79 Å². The number of ether oxygens (including phenoxy) is 2. The molecule has 6 nitrogen and oxygen atoms in total. The largest absolute Gasteiger partial charge is 0.462 e. The highest BCUT2D eigenvalue weighted by atomic mass is 16.7. The molecule has 5 rings (SSSR count). The lowest BCUT2D eigenvalue weighted by Gasteiger charge is -2.47. The first-order valence-corrected chi connectivity index (χ1v) is 11.3. The molecule has 0 unspecified atom stereocenters. The van der Waals surface area contributed by atoms with Crippen LogP contribution in [-0.2, 0) is 11.3 Å². The van der Waals surface area contributed by atoms with Crippen molar-refractivity contribution in [3.63, 3.8) is 0 Å². The van der Waals surface area contributed by atoms with Crippen molar-refractivity contribution < 1.29 is 14.3 Å². The fraction of sp³-hybridized carbons (Fsp3) is 0.480. The van der Waals surface area contributed by atoms with Crippen molar-refractivity contribution in [3.05, 3.63) is 53.6 Å². The first-order chi connectivity index (χ1) is 15.0. The fourth-order valence-electron chi connectivity index (χ4n) is 4.71. The second kappa shape index (κ2) is 8.17. The zero-order valence-corrected chi connectivity index (χ0v) is 18.4. The maximum Gasteiger partial charge on any atom is 0.255 e. The van der Waals surface area contributed by atoms with Crippen LogP contribution in [0.25, 0.3) is 0 Å². The molecule has 164 valence electrons. The van der Waals surface area contributed by atoms with Gasteiger partial charge in [-0.1, -0.05) is 18.6 Å². The number of hydrogen-bond donors (Lipinski definition) is 1. The van der Waals surface area contributed by atoms with E-state index in [0.29, 0.717) is 12.2 Å². The van der Waals surface area contributed by atoms with Crippen molar-refractivity contribution in [1.29, 1.82) is 0 Å². The highest BCUT2D eigenvalue weighted by Crippen LogP contribution is 2.40. The van der Waals surface area contributed by atoms with Gasteiger partial charge in [-0.05, 0) is 43.2 Å². The Balaban J connectivity index is 1.28. The zero-order valence-electron chi connectivity index (χ0n) is 18.4. The normalized spacial score (nSPS) is 20.5. The fourth-order valence-corrected chi connectivity index (χ4v) is 4.71. The molecular weight excluding hydrogens is 390 g/mol. The summed E-state index contributed by atoms with van der Waals surface area (Å²) >= 11 is 0. The van der Waals surface area contributed by atoms with Crippen molar-refractivity contribution in [2.75, 3.05) is 32.5 Å². The third kappa shape index (κ3) is 4.02. The minimum atomic E-state index is -0.479. The third-order valence-electron chi connectivity index (χ3n) is 6.84. The number of carbonyl (C=O) groups is 1. The number of benzene rings is 2. The Morgan fingerprint density at radius 1 is 1.13 bits per heavy atom. The van der Waals surface area contributed by atoms with Crippen LogP contribution < -0.4 is 10.1 Å². The van der Waals surface area contributed by atoms with E-state index in [2.05, 4.69) is 16.3 Å². The second-order valence-corrected chi connectivity index (χ2v) is 9.11. The van der Waals surface area contributed by atoms with E-state index in [9.17, 15) is 4.79 Å². The van der Waals surface area contributed by atoms with Gasteiger partial charge in [0.1, 0.15) is 5.75 Å². The maximum absolute atomic E-state index is 12.5. The highest BCUT2D eigenvalue weighted by molar-refractivity contribution is 6.00. The Bertz CT molecular complexity index is 962. The van der Waals surface area contributed by atoms with E-state index in [-0.39, 0.29) is 5.91 Å². The molecule has 0 atom stereocenters. The van der Waals surface area contributed by atoms with Crippen LogP contribution in [0, 0.1) is 0 Å². The molecule has 1 amide bonds. The molecule has 0 aromatic heterocycles. The van der Waals surface area contributed by atoms with Gasteiger partial charge in [0.15, 0.2) is 0 Å². The Morgan fingerprint density at radius 2 is 1.90 bits per heavy atom. The van der Waals surface area contributed by atoms with Gasteiger partial charge in [-0.3, -0.25) is 9.69 Å². The lowest BCUT2D eigenvalue weighted by molar-refractivity contribution is -0.231. The van der Waals surface area contributed by atoms with Gasteiger partial charge in [0.25, 0.3) is 5.91 Å². The van der Waals surface area contributed by atoms with Crippen LogP contribution in [0.2, 0.25) is 0 Å². The summed E-state index contributed by atoms with van der Waals surface area (Å²) in [6.07, 6.45) is 5.90. The average Bonchev–Trinajstić information content (AvgIpc) is 2.74. The highest BCUT2D eigenvalue weighted by Gasteiger charge is 2.42. The minimum absolute atomic E-state index is 0.0251. The van der Waals surface area contributed by atoms with Gasteiger partial charge in [0.2, 0.25) is 5.79 Å². The summed E-state index contributed by atoms with van der Waals surface area (Å²) in [6.45, 7) is 2.65. The number of amides is 1. The Labute approximate surface area is 184 Å². The summed E-state index contributed by atoms with van der Waals surface area (Å²) in [5.41, 5.74) is 3.39. The van der Waals surface area contributed by atoms with Crippen LogP contribution in [0.15, 0.2) is 42.5 Å². The SMILES string of the molecule is CN(C)C(=O)c1ccccc1Nc1ccc2c(c1)COC1(CCN(C3CCC3)CC1)O2. The number of rotatable bonds is 4. The first kappa shape index (κ1) is 20.3. The van der Waals surface area contributed by atoms with E-state index in [1.165, 1.54) is 19.3 Å². The Kier molecular flexibility index (Phi) is 5.36. The van der Waals surface area contributed by atoms with Gasteiger partial charge in [0.05, 0.1) is 17.9 Å². The van der Waals surface area contributed by atoms with Crippen LogP contribution in [0.1, 0.15) is 48.0 Å². The molecule has 1 aliphatic carbocycles. The van der Waals surface area contributed by atoms with E-state index >= 15 is 0 Å². The predicted octanol–water partition coefficient (Wildman–Crippen LogP) is 4.39. The van der Waals surface area contributed by atoms with Crippen molar-refractivity contribution in [1.82, 2.24) is 9.80 Å². The van der Waals surface area contributed by atoms with Crippen LogP contribution in [0.5, 0.6) is 5.75 Å². The lowest BCUT2D eigenvalue weighted by atomic mass is 9.89. The zero-order chi connectivity index (χ0) is 21.4. The summed E-state index contributed by atoms with van der Waals surface area (Å²) in [5.74, 6) is 0.405. The second-order valence-electron chi connectivity index (χ2n) is 9.11. The van der Waals surface area contributed by atoms with Crippen molar-refractivity contribution in [2.45, 2.75) is 50.5 Å². The monoisotopic (exact) mass is 421 g/mol. The van der Waals surface area contributed by atoms with Gasteiger partial charge in [-0.25, -0.2) is 0 Å². The number of para-hydroxylation sites is 1. The number of carbonyl (C=O) groups excluding carboxylic acids is 1. The molecule has 2 aliphatic heterocycles. The Hall–Kier alpha value is -2.57. The lowest BCUT2D eigenvalue weighted by Crippen LogP contribution is -2.54. The summed E-state index contributed by atoms with van der Waals surface area (Å²) in [6, 6.07) is 14.5. The number of hydrogen-bond acceptors (Lipinski definition) is 5. The molecule has 1 spiro atoms. The number of nitrogens with one attached hydrogen (secondary N) is 1. The molecule has 3 aliphatic rings. The number of nitrogens with zero attached hydrogens (tertiary/aromatic N) is 2. The van der Waals surface area contributed by atoms with Gasteiger partial charge >= 0.3 is 0 Å². The Morgan fingerprint density at radius 3 is 2.61 bits per heavy atom.